The highest BCUT2D eigenvalue weighted by atomic mass is 16.7. The summed E-state index contributed by atoms with van der Waals surface area (Å²) in [5.74, 6) is -4.53. The zero-order chi connectivity index (χ0) is 52.0. The molecule has 4 heterocycles. The summed E-state index contributed by atoms with van der Waals surface area (Å²) in [6, 6.07) is 11.0. The zero-order valence-corrected chi connectivity index (χ0v) is 43.8. The normalized spacial score (nSPS) is 39.3. The van der Waals surface area contributed by atoms with Crippen LogP contribution in [0.5, 0.6) is 5.75 Å². The first-order valence-electron chi connectivity index (χ1n) is 24.9. The van der Waals surface area contributed by atoms with Crippen LogP contribution in [0.3, 0.4) is 0 Å². The molecule has 1 amide bonds. The van der Waals surface area contributed by atoms with Gasteiger partial charge in [0.2, 0.25) is 0 Å². The van der Waals surface area contributed by atoms with Crippen LogP contribution in [0.4, 0.5) is 0 Å². The van der Waals surface area contributed by atoms with Gasteiger partial charge in [-0.1, -0.05) is 58.0 Å². The van der Waals surface area contributed by atoms with E-state index < -0.39 is 114 Å². The van der Waals surface area contributed by atoms with E-state index in [0.29, 0.717) is 31.0 Å². The van der Waals surface area contributed by atoms with Crippen LogP contribution in [0.1, 0.15) is 111 Å². The number of cyclic esters (lactones) is 1. The van der Waals surface area contributed by atoms with Crippen LogP contribution >= 0.6 is 0 Å². The van der Waals surface area contributed by atoms with Gasteiger partial charge in [-0.15, -0.1) is 0 Å². The fraction of sp³-hybridized carbons (Fsp3) is 0.750. The SMILES string of the molecule is CC[C@H]1OC(=O)[C@H](C)[C@@H](O[C@H]2C[C@@](C)(OC)[C@@H](O)[C@H](C)O2)[C@H](C)[C@@H](O[C@H]2O[C@H](C)C[C@H](N(C)CCNC(=O)c3cc(OCc4ccccc4)cn3C)[C@H]2O)[C@](C)(OC)C[C@@H](C)C(=O)[C@H](C)[C@@H](O)[C@]1(C)O. The molecule has 1 aromatic carbocycles. The molecule has 3 aliphatic heterocycles. The third kappa shape index (κ3) is 13.0. The van der Waals surface area contributed by atoms with Crippen LogP contribution in [-0.2, 0) is 56.4 Å². The van der Waals surface area contributed by atoms with Crippen molar-refractivity contribution in [1.82, 2.24) is 14.8 Å². The van der Waals surface area contributed by atoms with Crippen molar-refractivity contribution in [3.63, 3.8) is 0 Å². The Kier molecular flexibility index (Phi) is 19.7. The summed E-state index contributed by atoms with van der Waals surface area (Å²) >= 11 is 0. The van der Waals surface area contributed by atoms with E-state index in [2.05, 4.69) is 5.32 Å². The number of nitrogens with one attached hydrogen (secondary N) is 1. The minimum absolute atomic E-state index is 0.0490. The third-order valence-corrected chi connectivity index (χ3v) is 15.4. The lowest BCUT2D eigenvalue weighted by atomic mass is 9.74. The number of aromatic nitrogens is 1. The zero-order valence-electron chi connectivity index (χ0n) is 43.8. The smallest absolute Gasteiger partial charge is 0.311 e. The molecule has 1 aromatic heterocycles. The first-order valence-corrected chi connectivity index (χ1v) is 24.9. The van der Waals surface area contributed by atoms with Crippen LogP contribution in [0, 0.1) is 23.7 Å². The maximum Gasteiger partial charge on any atom is 0.311 e. The monoisotopic (exact) mass is 990 g/mol. The Hall–Kier alpha value is -3.53. The molecule has 3 aliphatic rings. The van der Waals surface area contributed by atoms with E-state index in [1.807, 2.05) is 56.1 Å². The number of hydrogen-bond donors (Lipinski definition) is 5. The van der Waals surface area contributed by atoms with Gasteiger partial charge in [0.15, 0.2) is 12.6 Å². The van der Waals surface area contributed by atoms with E-state index in [-0.39, 0.29) is 37.5 Å². The molecule has 5 rings (SSSR count). The predicted octanol–water partition coefficient (Wildman–Crippen LogP) is 4.16. The lowest BCUT2D eigenvalue weighted by molar-refractivity contribution is -0.319. The van der Waals surface area contributed by atoms with Gasteiger partial charge < -0.3 is 68.2 Å². The highest BCUT2D eigenvalue weighted by molar-refractivity contribution is 5.93. The molecule has 18 nitrogen and oxygen atoms in total. The van der Waals surface area contributed by atoms with Gasteiger partial charge in [0.05, 0.1) is 47.6 Å². The molecule has 5 N–H and O–H groups in total. The van der Waals surface area contributed by atoms with Gasteiger partial charge in [0.1, 0.15) is 47.7 Å². The molecule has 0 radical (unpaired) electrons. The topological polar surface area (TPSA) is 226 Å². The highest BCUT2D eigenvalue weighted by Gasteiger charge is 2.54. The minimum atomic E-state index is -2.01. The molecule has 0 aliphatic carbocycles. The van der Waals surface area contributed by atoms with Gasteiger partial charge in [-0.25, -0.2) is 0 Å². The Morgan fingerprint density at radius 2 is 1.57 bits per heavy atom. The number of carbonyl (C=O) groups is 3. The van der Waals surface area contributed by atoms with Crippen molar-refractivity contribution in [2.24, 2.45) is 30.7 Å². The number of aliphatic hydroxyl groups is 4. The van der Waals surface area contributed by atoms with Crippen molar-refractivity contribution in [2.45, 2.75) is 186 Å². The largest absolute Gasteiger partial charge is 0.487 e. The number of esters is 1. The summed E-state index contributed by atoms with van der Waals surface area (Å²) in [6.07, 6.45) is -8.14. The number of methoxy groups -OCH3 is 2. The lowest BCUT2D eigenvalue weighted by Gasteiger charge is -2.50. The van der Waals surface area contributed by atoms with Crippen LogP contribution in [0.25, 0.3) is 0 Å². The maximum absolute atomic E-state index is 14.4. The summed E-state index contributed by atoms with van der Waals surface area (Å²) in [5, 5.41) is 49.7. The molecule has 70 heavy (non-hydrogen) atoms. The number of ketones is 1. The number of rotatable bonds is 15. The summed E-state index contributed by atoms with van der Waals surface area (Å²) in [4.78, 5) is 44.0. The van der Waals surface area contributed by atoms with Crippen LogP contribution in [0.2, 0.25) is 0 Å². The van der Waals surface area contributed by atoms with Crippen LogP contribution < -0.4 is 10.1 Å². The van der Waals surface area contributed by atoms with Crippen molar-refractivity contribution in [2.75, 3.05) is 34.4 Å². The summed E-state index contributed by atoms with van der Waals surface area (Å²) in [7, 11) is 6.61. The number of amides is 1. The van der Waals surface area contributed by atoms with Gasteiger partial charge in [-0.2, -0.15) is 0 Å². The predicted molar refractivity (Wildman–Crippen MR) is 259 cm³/mol. The minimum Gasteiger partial charge on any atom is -0.487 e. The standard InChI is InChI=1S/C52H83N3O15/c1-15-39-52(10,62)44(58)31(4)41(56)29(2)25-51(9,64-14)46(32(5)43(33(6)48(61)68-39)69-40-26-50(8,63-13)45(59)34(7)67-40)70-49-42(57)37(23-30(3)66-49)54(11)22-21-53-47(60)38-24-36(27-55(38)12)65-28-35-19-17-16-18-20-35/h16-20,24,27,29-34,37,39-40,42-46,49,57-59,62H,15,21-23,25-26,28H2,1-14H3,(H,53,60)/t29-,30-,31+,32+,33-,34+,37+,39-,40+,42-,43+,44-,45+,46-,49-,50-,51-,52-/m1/s1. The molecular weight excluding hydrogens is 907 g/mol. The first-order chi connectivity index (χ1) is 32.8. The number of likely N-dealkylation sites (N-methyl/N-ethyl adjacent to an activating group) is 1. The molecule has 396 valence electrons. The van der Waals surface area contributed by atoms with Crippen LogP contribution in [-0.4, -0.2) is 166 Å². The summed E-state index contributed by atoms with van der Waals surface area (Å²) < 4.78 is 52.3. The number of carbonyl (C=O) groups excluding carboxylic acids is 3. The van der Waals surface area contributed by atoms with Gasteiger partial charge in [0, 0.05) is 76.8 Å². The average molecular weight is 990 g/mol. The Morgan fingerprint density at radius 3 is 2.20 bits per heavy atom. The molecule has 0 bridgehead atoms. The molecule has 3 saturated heterocycles. The lowest BCUT2D eigenvalue weighted by Crippen LogP contribution is -2.62. The fourth-order valence-corrected chi connectivity index (χ4v) is 10.7. The van der Waals surface area contributed by atoms with Gasteiger partial charge in [-0.3, -0.25) is 19.3 Å². The first kappa shape index (κ1) is 57.4. The Bertz CT molecular complexity index is 2020. The molecule has 18 atom stereocenters. The number of hydrogen-bond acceptors (Lipinski definition) is 16. The van der Waals surface area contributed by atoms with Crippen molar-refractivity contribution in [3.8, 4) is 5.75 Å². The number of ether oxygens (including phenoxy) is 8. The molecule has 2 aromatic rings. The van der Waals surface area contributed by atoms with Gasteiger partial charge >= 0.3 is 5.97 Å². The Balaban J connectivity index is 1.43. The van der Waals surface area contributed by atoms with Crippen LogP contribution in [0.15, 0.2) is 42.6 Å². The van der Waals surface area contributed by atoms with E-state index in [4.69, 9.17) is 37.9 Å². The second-order valence-electron chi connectivity index (χ2n) is 20.9. The number of benzene rings is 1. The van der Waals surface area contributed by atoms with Crippen molar-refractivity contribution < 1.29 is 72.7 Å². The Morgan fingerprint density at radius 1 is 0.914 bits per heavy atom. The van der Waals surface area contributed by atoms with E-state index in [9.17, 15) is 34.8 Å². The molecule has 18 heteroatoms. The van der Waals surface area contributed by atoms with Gasteiger partial charge in [-0.05, 0) is 73.4 Å². The molecule has 0 spiro atoms. The second kappa shape index (κ2) is 24.0. The van der Waals surface area contributed by atoms with Crippen molar-refractivity contribution in [3.05, 3.63) is 53.9 Å². The Labute approximate surface area is 414 Å². The quantitative estimate of drug-likeness (QED) is 0.158. The van der Waals surface area contributed by atoms with E-state index in [1.54, 1.807) is 65.4 Å². The molecule has 0 unspecified atom stereocenters. The maximum atomic E-state index is 14.4. The summed E-state index contributed by atoms with van der Waals surface area (Å²) in [5.41, 5.74) is -3.00. The molecular formula is C52H83N3O15. The summed E-state index contributed by atoms with van der Waals surface area (Å²) in [6.45, 7) is 17.9. The van der Waals surface area contributed by atoms with E-state index in [0.717, 1.165) is 5.56 Å². The number of aliphatic hydroxyl groups excluding tert-OH is 3. The number of aryl methyl sites for hydroxylation is 1. The molecule has 3 fully saturated rings. The van der Waals surface area contributed by atoms with E-state index >= 15 is 0 Å². The van der Waals surface area contributed by atoms with Gasteiger partial charge in [0.25, 0.3) is 5.91 Å². The third-order valence-electron chi connectivity index (χ3n) is 15.4. The second-order valence-corrected chi connectivity index (χ2v) is 20.9. The van der Waals surface area contributed by atoms with E-state index in [1.165, 1.54) is 28.1 Å². The molecule has 0 saturated carbocycles. The number of nitrogens with zero attached hydrogens (tertiary/aromatic N) is 2. The average Bonchev–Trinajstić information content (AvgIpc) is 3.71. The van der Waals surface area contributed by atoms with Crippen molar-refractivity contribution >= 4 is 17.7 Å². The fourth-order valence-electron chi connectivity index (χ4n) is 10.7. The number of Topliss-reactive ketones (excluding diaryl/α,β-unsaturated/α-hetero) is 1. The van der Waals surface area contributed by atoms with Crippen molar-refractivity contribution in [1.29, 1.82) is 0 Å². The highest BCUT2D eigenvalue weighted by Crippen LogP contribution is 2.42.